The highest BCUT2D eigenvalue weighted by Gasteiger charge is 2.35. The summed E-state index contributed by atoms with van der Waals surface area (Å²) >= 11 is 1.44. The van der Waals surface area contributed by atoms with E-state index in [1.165, 1.54) is 38.9 Å². The zero-order valence-electron chi connectivity index (χ0n) is 29.6. The summed E-state index contributed by atoms with van der Waals surface area (Å²) in [6.07, 6.45) is 3.53. The van der Waals surface area contributed by atoms with E-state index < -0.39 is 40.1 Å². The second kappa shape index (κ2) is 19.1. The van der Waals surface area contributed by atoms with Gasteiger partial charge >= 0.3 is 6.03 Å². The monoisotopic (exact) mass is 742 g/mol. The Morgan fingerprint density at radius 1 is 1.14 bits per heavy atom. The van der Waals surface area contributed by atoms with Crippen LogP contribution in [-0.4, -0.2) is 96.5 Å². The molecular formula is C36H50N6O7S2. The van der Waals surface area contributed by atoms with E-state index >= 15 is 0 Å². The Labute approximate surface area is 304 Å². The SMILES string of the molecule is CC[C@H](C)[C@H](NC(=O)N(C)Cc1csc(COC)n1)C(=O)N[C@@H](Cc1ccccc1)[C@H](O)CN(CC1CCC1)S(=O)(=O)c1ccc(C=NO)cc1. The van der Waals surface area contributed by atoms with Gasteiger partial charge in [-0.25, -0.2) is 18.2 Å². The van der Waals surface area contributed by atoms with Crippen molar-refractivity contribution in [1.82, 2.24) is 24.8 Å². The van der Waals surface area contributed by atoms with Gasteiger partial charge in [0.25, 0.3) is 0 Å². The molecule has 3 aromatic rings. The van der Waals surface area contributed by atoms with E-state index in [4.69, 9.17) is 9.94 Å². The predicted molar refractivity (Wildman–Crippen MR) is 196 cm³/mol. The summed E-state index contributed by atoms with van der Waals surface area (Å²) < 4.78 is 34.4. The number of carbonyl (C=O) groups is 2. The summed E-state index contributed by atoms with van der Waals surface area (Å²) in [4.78, 5) is 33.4. The van der Waals surface area contributed by atoms with Gasteiger partial charge in [-0.15, -0.1) is 11.3 Å². The van der Waals surface area contributed by atoms with E-state index in [9.17, 15) is 23.1 Å². The van der Waals surface area contributed by atoms with Gasteiger partial charge in [-0.05, 0) is 54.4 Å². The highest BCUT2D eigenvalue weighted by atomic mass is 32.2. The van der Waals surface area contributed by atoms with Gasteiger partial charge < -0.3 is 30.6 Å². The first-order valence-corrected chi connectivity index (χ1v) is 19.5. The second-order valence-electron chi connectivity index (χ2n) is 13.1. The topological polar surface area (TPSA) is 174 Å². The molecule has 1 aromatic heterocycles. The number of amides is 3. The lowest BCUT2D eigenvalue weighted by Crippen LogP contribution is -2.58. The number of nitrogens with one attached hydrogen (secondary N) is 2. The fraction of sp³-hybridized carbons (Fsp3) is 0.500. The standard InChI is InChI=1S/C36H50N6O7S2/c1-5-25(2)34(40-36(45)41(3)21-29-24-50-33(38-29)23-49-4)35(44)39-31(18-26-10-7-6-8-11-26)32(43)22-42(20-28-12-9-13-28)51(47,48)30-16-14-27(15-17-30)19-37-46/h6-8,10-11,14-17,19,24-25,28,31-32,34,43,46H,5,9,12-13,18,20-23H2,1-4H3,(H,39,44)(H,40,45)/t25-,31-,32+,34-/m0/s1. The van der Waals surface area contributed by atoms with Gasteiger partial charge in [0.05, 0.1) is 42.1 Å². The average Bonchev–Trinajstić information content (AvgIpc) is 3.54. The van der Waals surface area contributed by atoms with E-state index in [2.05, 4.69) is 20.8 Å². The maximum absolute atomic E-state index is 14.0. The number of oxime groups is 1. The number of aromatic nitrogens is 1. The van der Waals surface area contributed by atoms with Crippen LogP contribution in [-0.2, 0) is 39.1 Å². The first kappa shape index (κ1) is 39.9. The third kappa shape index (κ3) is 11.3. The summed E-state index contributed by atoms with van der Waals surface area (Å²) in [6, 6.07) is 13.1. The van der Waals surface area contributed by atoms with Crippen LogP contribution < -0.4 is 10.6 Å². The number of hydrogen-bond acceptors (Lipinski definition) is 10. The molecule has 1 saturated carbocycles. The van der Waals surface area contributed by atoms with Crippen LogP contribution in [0.4, 0.5) is 4.79 Å². The van der Waals surface area contributed by atoms with Gasteiger partial charge in [-0.2, -0.15) is 4.31 Å². The minimum atomic E-state index is -4.04. The van der Waals surface area contributed by atoms with Gasteiger partial charge in [-0.3, -0.25) is 4.79 Å². The Morgan fingerprint density at radius 2 is 1.84 bits per heavy atom. The van der Waals surface area contributed by atoms with Crippen LogP contribution in [0, 0.1) is 11.8 Å². The zero-order valence-corrected chi connectivity index (χ0v) is 31.3. The normalized spacial score (nSPS) is 16.0. The minimum absolute atomic E-state index is 0.0454. The zero-order chi connectivity index (χ0) is 37.0. The van der Waals surface area contributed by atoms with Gasteiger partial charge in [0.2, 0.25) is 15.9 Å². The van der Waals surface area contributed by atoms with Crippen molar-refractivity contribution in [3.8, 4) is 0 Å². The van der Waals surface area contributed by atoms with Gasteiger partial charge in [0.15, 0.2) is 0 Å². The van der Waals surface area contributed by atoms with E-state index in [0.717, 1.165) is 29.8 Å². The first-order valence-electron chi connectivity index (χ1n) is 17.2. The number of hydrogen-bond donors (Lipinski definition) is 4. The van der Waals surface area contributed by atoms with Crippen LogP contribution in [0.5, 0.6) is 0 Å². The van der Waals surface area contributed by atoms with E-state index in [-0.39, 0.29) is 42.8 Å². The Kier molecular flexibility index (Phi) is 14.9. The average molecular weight is 743 g/mol. The number of nitrogens with zero attached hydrogens (tertiary/aromatic N) is 4. The summed E-state index contributed by atoms with van der Waals surface area (Å²) in [7, 11) is -0.821. The molecule has 0 unspecified atom stereocenters. The molecule has 2 aromatic carbocycles. The Balaban J connectivity index is 1.54. The van der Waals surface area contributed by atoms with Gasteiger partial charge in [-0.1, -0.05) is 74.3 Å². The smallest absolute Gasteiger partial charge is 0.318 e. The van der Waals surface area contributed by atoms with Crippen molar-refractivity contribution < 1.29 is 33.1 Å². The van der Waals surface area contributed by atoms with Crippen molar-refractivity contribution in [3.05, 3.63) is 81.8 Å². The van der Waals surface area contributed by atoms with E-state index in [0.29, 0.717) is 24.3 Å². The molecule has 51 heavy (non-hydrogen) atoms. The fourth-order valence-corrected chi connectivity index (χ4v) is 8.10. The highest BCUT2D eigenvalue weighted by molar-refractivity contribution is 7.89. The van der Waals surface area contributed by atoms with Crippen molar-refractivity contribution in [2.24, 2.45) is 17.0 Å². The van der Waals surface area contributed by atoms with Crippen molar-refractivity contribution in [3.63, 3.8) is 0 Å². The molecule has 0 radical (unpaired) electrons. The van der Waals surface area contributed by atoms with E-state index in [1.807, 2.05) is 49.6 Å². The molecule has 1 aliphatic carbocycles. The largest absolute Gasteiger partial charge is 0.411 e. The number of carbonyl (C=O) groups excluding carboxylic acids is 2. The summed E-state index contributed by atoms with van der Waals surface area (Å²) in [6.45, 7) is 4.39. The van der Waals surface area contributed by atoms with Crippen LogP contribution in [0.2, 0.25) is 0 Å². The molecule has 15 heteroatoms. The maximum Gasteiger partial charge on any atom is 0.318 e. The molecule has 13 nitrogen and oxygen atoms in total. The molecule has 0 saturated heterocycles. The third-order valence-electron chi connectivity index (χ3n) is 9.28. The molecule has 4 N–H and O–H groups in total. The van der Waals surface area contributed by atoms with Gasteiger partial charge in [0, 0.05) is 32.6 Å². The number of urea groups is 1. The number of ether oxygens (including phenoxy) is 1. The number of rotatable bonds is 19. The van der Waals surface area contributed by atoms with Gasteiger partial charge in [0.1, 0.15) is 11.0 Å². The summed E-state index contributed by atoms with van der Waals surface area (Å²) in [5.74, 6) is -0.566. The highest BCUT2D eigenvalue weighted by Crippen LogP contribution is 2.30. The van der Waals surface area contributed by atoms with Crippen LogP contribution in [0.15, 0.2) is 70.0 Å². The van der Waals surface area contributed by atoms with Crippen molar-refractivity contribution in [2.45, 2.75) is 82.2 Å². The van der Waals surface area contributed by atoms with Crippen molar-refractivity contribution in [2.75, 3.05) is 27.2 Å². The molecule has 278 valence electrons. The molecule has 0 aliphatic heterocycles. The lowest BCUT2D eigenvalue weighted by molar-refractivity contribution is -0.125. The van der Waals surface area contributed by atoms with Crippen molar-refractivity contribution >= 4 is 39.5 Å². The number of sulfonamides is 1. The maximum atomic E-state index is 14.0. The minimum Gasteiger partial charge on any atom is -0.411 e. The Bertz CT molecular complexity index is 1680. The lowest BCUT2D eigenvalue weighted by atomic mass is 9.85. The molecule has 1 heterocycles. The molecular weight excluding hydrogens is 693 g/mol. The number of thiazole rings is 1. The molecule has 0 spiro atoms. The Hall–Kier alpha value is -3.89. The van der Waals surface area contributed by atoms with E-state index in [1.54, 1.807) is 26.3 Å². The molecule has 1 aliphatic rings. The quantitative estimate of drug-likeness (QED) is 0.0803. The molecule has 0 bridgehead atoms. The number of methoxy groups -OCH3 is 1. The van der Waals surface area contributed by atoms with Crippen LogP contribution >= 0.6 is 11.3 Å². The van der Waals surface area contributed by atoms with Crippen LogP contribution in [0.3, 0.4) is 0 Å². The number of benzene rings is 2. The van der Waals surface area contributed by atoms with Crippen molar-refractivity contribution in [1.29, 1.82) is 0 Å². The van der Waals surface area contributed by atoms with Crippen LogP contribution in [0.25, 0.3) is 0 Å². The predicted octanol–water partition coefficient (Wildman–Crippen LogP) is 4.23. The summed E-state index contributed by atoms with van der Waals surface area (Å²) in [5, 5.41) is 32.2. The number of aliphatic hydroxyl groups excluding tert-OH is 1. The second-order valence-corrected chi connectivity index (χ2v) is 16.0. The lowest BCUT2D eigenvalue weighted by Gasteiger charge is -2.35. The molecule has 4 rings (SSSR count). The summed E-state index contributed by atoms with van der Waals surface area (Å²) in [5.41, 5.74) is 2.08. The number of aliphatic hydroxyl groups is 1. The third-order valence-corrected chi connectivity index (χ3v) is 12.0. The first-order chi connectivity index (χ1) is 24.4. The molecule has 1 fully saturated rings. The molecule has 4 atom stereocenters. The van der Waals surface area contributed by atoms with Crippen LogP contribution in [0.1, 0.15) is 61.4 Å². The molecule has 3 amide bonds. The Morgan fingerprint density at radius 3 is 2.45 bits per heavy atom. The fourth-order valence-electron chi connectivity index (χ4n) is 5.81.